The van der Waals surface area contributed by atoms with E-state index in [4.69, 9.17) is 0 Å². The average Bonchev–Trinajstić information content (AvgIpc) is 2.79. The van der Waals surface area contributed by atoms with Crippen molar-refractivity contribution in [2.24, 2.45) is 7.05 Å². The van der Waals surface area contributed by atoms with E-state index < -0.39 is 0 Å². The summed E-state index contributed by atoms with van der Waals surface area (Å²) in [5.74, 6) is 0. The monoisotopic (exact) mass is 272 g/mol. The van der Waals surface area contributed by atoms with Crippen molar-refractivity contribution in [3.05, 3.63) is 47.0 Å². The molecule has 1 N–H and O–H groups in total. The van der Waals surface area contributed by atoms with Crippen LogP contribution in [-0.4, -0.2) is 21.3 Å². The van der Waals surface area contributed by atoms with E-state index in [2.05, 4.69) is 48.3 Å². The molecular formula is C16H24N4. The molecule has 2 heterocycles. The van der Waals surface area contributed by atoms with Crippen LogP contribution in [0.4, 0.5) is 0 Å². The molecule has 0 aliphatic heterocycles. The first-order valence-corrected chi connectivity index (χ1v) is 7.31. The van der Waals surface area contributed by atoms with Crippen molar-refractivity contribution in [3.63, 3.8) is 0 Å². The summed E-state index contributed by atoms with van der Waals surface area (Å²) in [6, 6.07) is 4.57. The Labute approximate surface area is 121 Å². The molecule has 2 rings (SSSR count). The van der Waals surface area contributed by atoms with Crippen LogP contribution in [0.15, 0.2) is 24.5 Å². The van der Waals surface area contributed by atoms with Gasteiger partial charge >= 0.3 is 0 Å². The van der Waals surface area contributed by atoms with Gasteiger partial charge in [-0.3, -0.25) is 9.67 Å². The number of nitrogens with zero attached hydrogens (tertiary/aromatic N) is 3. The first-order chi connectivity index (χ1) is 9.65. The zero-order valence-corrected chi connectivity index (χ0v) is 12.8. The van der Waals surface area contributed by atoms with Crippen molar-refractivity contribution in [1.82, 2.24) is 20.1 Å². The number of pyridine rings is 1. The molecule has 0 radical (unpaired) electrons. The summed E-state index contributed by atoms with van der Waals surface area (Å²) in [4.78, 5) is 4.57. The standard InChI is InChI=1S/C16H24N4/c1-5-13-7-8-14(18-10-13)9-16(17-6-2)15-11-19-20(4)12(15)3/h7-8,10-11,16-17H,5-6,9H2,1-4H3. The number of rotatable bonds is 6. The largest absolute Gasteiger partial charge is 0.310 e. The first-order valence-electron chi connectivity index (χ1n) is 7.31. The molecule has 0 bridgehead atoms. The molecule has 0 amide bonds. The van der Waals surface area contributed by atoms with E-state index in [0.717, 1.165) is 25.1 Å². The van der Waals surface area contributed by atoms with Crippen LogP contribution >= 0.6 is 0 Å². The lowest BCUT2D eigenvalue weighted by Gasteiger charge is -2.17. The van der Waals surface area contributed by atoms with E-state index >= 15 is 0 Å². The second kappa shape index (κ2) is 6.66. The molecule has 0 fully saturated rings. The molecule has 0 saturated heterocycles. The Bertz CT molecular complexity index is 542. The van der Waals surface area contributed by atoms with Crippen LogP contribution in [0.1, 0.15) is 42.4 Å². The third-order valence-corrected chi connectivity index (χ3v) is 3.81. The van der Waals surface area contributed by atoms with Crippen molar-refractivity contribution in [2.75, 3.05) is 6.54 Å². The lowest BCUT2D eigenvalue weighted by atomic mass is 10.0. The van der Waals surface area contributed by atoms with Gasteiger partial charge in [-0.15, -0.1) is 0 Å². The van der Waals surface area contributed by atoms with Crippen molar-refractivity contribution >= 4 is 0 Å². The SMILES string of the molecule is CCNC(Cc1ccc(CC)cn1)c1cnn(C)c1C. The highest BCUT2D eigenvalue weighted by atomic mass is 15.3. The number of aromatic nitrogens is 3. The van der Waals surface area contributed by atoms with E-state index in [9.17, 15) is 0 Å². The normalized spacial score (nSPS) is 12.6. The highest BCUT2D eigenvalue weighted by Gasteiger charge is 2.16. The predicted octanol–water partition coefficient (Wildman–Crippen LogP) is 2.58. The van der Waals surface area contributed by atoms with Crippen LogP contribution < -0.4 is 5.32 Å². The molecule has 1 atom stereocenters. The highest BCUT2D eigenvalue weighted by Crippen LogP contribution is 2.20. The van der Waals surface area contributed by atoms with Crippen molar-refractivity contribution in [3.8, 4) is 0 Å². The average molecular weight is 272 g/mol. The van der Waals surface area contributed by atoms with Crippen LogP contribution in [-0.2, 0) is 19.9 Å². The maximum absolute atomic E-state index is 4.57. The van der Waals surface area contributed by atoms with E-state index in [0.29, 0.717) is 0 Å². The Morgan fingerprint density at radius 3 is 2.55 bits per heavy atom. The summed E-state index contributed by atoms with van der Waals surface area (Å²) >= 11 is 0. The molecule has 2 aromatic rings. The summed E-state index contributed by atoms with van der Waals surface area (Å²) < 4.78 is 1.92. The van der Waals surface area contributed by atoms with Crippen LogP contribution in [0, 0.1) is 6.92 Å². The molecule has 0 aromatic carbocycles. The van der Waals surface area contributed by atoms with Crippen LogP contribution in [0.25, 0.3) is 0 Å². The minimum absolute atomic E-state index is 0.272. The third-order valence-electron chi connectivity index (χ3n) is 3.81. The summed E-state index contributed by atoms with van der Waals surface area (Å²) in [5, 5.41) is 7.88. The molecule has 0 aliphatic rings. The molecule has 0 spiro atoms. The molecule has 20 heavy (non-hydrogen) atoms. The summed E-state index contributed by atoms with van der Waals surface area (Å²) in [6.07, 6.45) is 5.87. The molecule has 108 valence electrons. The smallest absolute Gasteiger partial charge is 0.0540 e. The maximum atomic E-state index is 4.57. The summed E-state index contributed by atoms with van der Waals surface area (Å²) in [7, 11) is 1.98. The van der Waals surface area contributed by atoms with E-state index in [-0.39, 0.29) is 6.04 Å². The van der Waals surface area contributed by atoms with E-state index in [1.165, 1.54) is 16.8 Å². The fourth-order valence-electron chi connectivity index (χ4n) is 2.39. The van der Waals surface area contributed by atoms with E-state index in [1.54, 1.807) is 0 Å². The number of aryl methyl sites for hydroxylation is 2. The second-order valence-corrected chi connectivity index (χ2v) is 5.13. The number of nitrogens with one attached hydrogen (secondary N) is 1. The molecule has 0 aliphatic carbocycles. The summed E-state index contributed by atoms with van der Waals surface area (Å²) in [5.41, 5.74) is 4.87. The van der Waals surface area contributed by atoms with Gasteiger partial charge in [0.05, 0.1) is 6.20 Å². The quantitative estimate of drug-likeness (QED) is 0.879. The fraction of sp³-hybridized carbons (Fsp3) is 0.500. The Hall–Kier alpha value is -1.68. The minimum atomic E-state index is 0.272. The lowest BCUT2D eigenvalue weighted by molar-refractivity contribution is 0.540. The van der Waals surface area contributed by atoms with Gasteiger partial charge in [0.25, 0.3) is 0 Å². The van der Waals surface area contributed by atoms with Gasteiger partial charge in [0.15, 0.2) is 0 Å². The molecule has 4 nitrogen and oxygen atoms in total. The number of hydrogen-bond acceptors (Lipinski definition) is 3. The van der Waals surface area contributed by atoms with Gasteiger partial charge in [-0.1, -0.05) is 19.9 Å². The number of likely N-dealkylation sites (N-methyl/N-ethyl adjacent to an activating group) is 1. The van der Waals surface area contributed by atoms with Gasteiger partial charge in [0, 0.05) is 42.7 Å². The first kappa shape index (κ1) is 14.7. The Morgan fingerprint density at radius 1 is 1.25 bits per heavy atom. The predicted molar refractivity (Wildman–Crippen MR) is 81.7 cm³/mol. The Balaban J connectivity index is 2.18. The Kier molecular flexibility index (Phi) is 4.90. The molecule has 0 saturated carbocycles. The van der Waals surface area contributed by atoms with Crippen LogP contribution in [0.5, 0.6) is 0 Å². The third kappa shape index (κ3) is 3.25. The van der Waals surface area contributed by atoms with Crippen LogP contribution in [0.3, 0.4) is 0 Å². The fourth-order valence-corrected chi connectivity index (χ4v) is 2.39. The van der Waals surface area contributed by atoms with Gasteiger partial charge in [0.1, 0.15) is 0 Å². The molecular weight excluding hydrogens is 248 g/mol. The topological polar surface area (TPSA) is 42.7 Å². The summed E-state index contributed by atoms with van der Waals surface area (Å²) in [6.45, 7) is 7.33. The molecule has 1 unspecified atom stereocenters. The van der Waals surface area contributed by atoms with Crippen molar-refractivity contribution in [1.29, 1.82) is 0 Å². The molecule has 4 heteroatoms. The lowest BCUT2D eigenvalue weighted by Crippen LogP contribution is -2.23. The Morgan fingerprint density at radius 2 is 2.05 bits per heavy atom. The maximum Gasteiger partial charge on any atom is 0.0540 e. The highest BCUT2D eigenvalue weighted by molar-refractivity contribution is 5.23. The zero-order valence-electron chi connectivity index (χ0n) is 12.8. The number of hydrogen-bond donors (Lipinski definition) is 1. The zero-order chi connectivity index (χ0) is 14.5. The van der Waals surface area contributed by atoms with Gasteiger partial charge in [-0.2, -0.15) is 5.10 Å². The second-order valence-electron chi connectivity index (χ2n) is 5.13. The molecule has 2 aromatic heterocycles. The minimum Gasteiger partial charge on any atom is -0.310 e. The van der Waals surface area contributed by atoms with Gasteiger partial charge in [-0.25, -0.2) is 0 Å². The van der Waals surface area contributed by atoms with Gasteiger partial charge in [-0.05, 0) is 31.5 Å². The van der Waals surface area contributed by atoms with Gasteiger partial charge in [0.2, 0.25) is 0 Å². The van der Waals surface area contributed by atoms with Crippen molar-refractivity contribution in [2.45, 2.75) is 39.7 Å². The van der Waals surface area contributed by atoms with E-state index in [1.807, 2.05) is 24.1 Å². The van der Waals surface area contributed by atoms with Gasteiger partial charge < -0.3 is 5.32 Å². The van der Waals surface area contributed by atoms with Crippen molar-refractivity contribution < 1.29 is 0 Å². The van der Waals surface area contributed by atoms with Crippen LogP contribution in [0.2, 0.25) is 0 Å².